The molecule has 0 N–H and O–H groups in total. The van der Waals surface area contributed by atoms with Gasteiger partial charge in [0.1, 0.15) is 26.2 Å². The number of nitrogens with zero attached hydrogens (tertiary/aromatic N) is 4. The average molecular weight is 1080 g/mol. The SMILES string of the molecule is CCN(CC)c1ccc(C(=C2C=CC(=[N+](CC)CC)C=C2)c2ccc(CC3CCC(CC4CCC(Cc5ccc(C(=C6C=CC(=[N+](CC)CC)C=C6)c6ccc(N(CC)CC)cc6)c6ccccc56)CC4)CC3)c3ccccc23)cc1. The van der Waals surface area contributed by atoms with Crippen LogP contribution in [0.2, 0.25) is 0 Å². The molecule has 0 radical (unpaired) electrons. The van der Waals surface area contributed by atoms with Gasteiger partial charge in [0.05, 0.1) is 0 Å². The molecule has 4 heteroatoms. The molecule has 0 atom stereocenters. The van der Waals surface area contributed by atoms with Crippen LogP contribution in [-0.2, 0) is 12.8 Å². The largest absolute Gasteiger partial charge is 0.372 e. The van der Waals surface area contributed by atoms with Crippen molar-refractivity contribution in [1.29, 1.82) is 0 Å². The lowest BCUT2D eigenvalue weighted by atomic mass is 9.71. The Labute approximate surface area is 488 Å². The molecule has 6 aromatic rings. The minimum absolute atomic E-state index is 0.751. The van der Waals surface area contributed by atoms with Gasteiger partial charge in [-0.25, -0.2) is 9.15 Å². The van der Waals surface area contributed by atoms with E-state index in [-0.39, 0.29) is 0 Å². The molecular weight excluding hydrogens is 981 g/mol. The third-order valence-electron chi connectivity index (χ3n) is 19.3. The van der Waals surface area contributed by atoms with Crippen molar-refractivity contribution in [1.82, 2.24) is 0 Å². The molecule has 2 saturated carbocycles. The third kappa shape index (κ3) is 13.0. The summed E-state index contributed by atoms with van der Waals surface area (Å²) in [5.74, 6) is 3.26. The maximum Gasteiger partial charge on any atom is 0.199 e. The second-order valence-corrected chi connectivity index (χ2v) is 23.7. The molecule has 4 aliphatic rings. The van der Waals surface area contributed by atoms with E-state index in [1.165, 1.54) is 171 Å². The van der Waals surface area contributed by atoms with E-state index in [1.807, 2.05) is 0 Å². The van der Waals surface area contributed by atoms with Gasteiger partial charge in [0.15, 0.2) is 11.4 Å². The van der Waals surface area contributed by atoms with E-state index in [9.17, 15) is 0 Å². The van der Waals surface area contributed by atoms with Crippen molar-refractivity contribution in [3.63, 3.8) is 0 Å². The van der Waals surface area contributed by atoms with Crippen LogP contribution in [0.25, 0.3) is 32.7 Å². The molecule has 420 valence electrons. The van der Waals surface area contributed by atoms with Gasteiger partial charge in [-0.15, -0.1) is 0 Å². The summed E-state index contributed by atoms with van der Waals surface area (Å²) < 4.78 is 4.87. The van der Waals surface area contributed by atoms with Crippen LogP contribution < -0.4 is 9.80 Å². The van der Waals surface area contributed by atoms with Crippen molar-refractivity contribution in [3.8, 4) is 0 Å². The Kier molecular flexibility index (Phi) is 19.4. The molecule has 0 bridgehead atoms. The summed E-state index contributed by atoms with van der Waals surface area (Å²) >= 11 is 0. The average Bonchev–Trinajstić information content (AvgIpc) is 3.53. The highest BCUT2D eigenvalue weighted by molar-refractivity contribution is 6.07. The van der Waals surface area contributed by atoms with E-state index in [0.29, 0.717) is 0 Å². The van der Waals surface area contributed by atoms with Crippen LogP contribution >= 0.6 is 0 Å². The lowest BCUT2D eigenvalue weighted by molar-refractivity contribution is -0.519. The second kappa shape index (κ2) is 27.3. The zero-order valence-electron chi connectivity index (χ0n) is 50.7. The topological polar surface area (TPSA) is 12.5 Å². The van der Waals surface area contributed by atoms with Gasteiger partial charge in [0.2, 0.25) is 0 Å². The first-order valence-corrected chi connectivity index (χ1v) is 31.9. The zero-order chi connectivity index (χ0) is 56.2. The molecule has 0 spiro atoms. The number of rotatable bonds is 20. The maximum atomic E-state index is 2.49. The van der Waals surface area contributed by atoms with E-state index < -0.39 is 0 Å². The first-order valence-electron chi connectivity index (χ1n) is 31.9. The molecule has 2 fully saturated rings. The van der Waals surface area contributed by atoms with E-state index in [1.54, 1.807) is 0 Å². The molecule has 4 aliphatic carbocycles. The van der Waals surface area contributed by atoms with Gasteiger partial charge in [-0.2, -0.15) is 0 Å². The minimum Gasteiger partial charge on any atom is -0.372 e. The van der Waals surface area contributed by atoms with Crippen molar-refractivity contribution in [2.24, 2.45) is 23.7 Å². The zero-order valence-corrected chi connectivity index (χ0v) is 50.7. The van der Waals surface area contributed by atoms with Crippen molar-refractivity contribution < 1.29 is 9.15 Å². The summed E-state index contributed by atoms with van der Waals surface area (Å²) in [6.45, 7) is 26.0. The van der Waals surface area contributed by atoms with Crippen LogP contribution in [0, 0.1) is 23.7 Å². The highest BCUT2D eigenvalue weighted by Crippen LogP contribution is 2.43. The van der Waals surface area contributed by atoms with Crippen LogP contribution in [0.15, 0.2) is 181 Å². The fourth-order valence-electron chi connectivity index (χ4n) is 14.6. The van der Waals surface area contributed by atoms with Crippen molar-refractivity contribution >= 4 is 55.5 Å². The Hall–Kier alpha value is -6.78. The minimum atomic E-state index is 0.751. The normalized spacial score (nSPS) is 19.0. The van der Waals surface area contributed by atoms with E-state index >= 15 is 0 Å². The van der Waals surface area contributed by atoms with Gasteiger partial charge >= 0.3 is 0 Å². The molecule has 81 heavy (non-hydrogen) atoms. The Morgan fingerprint density at radius 1 is 0.358 bits per heavy atom. The molecule has 10 rings (SSSR count). The highest BCUT2D eigenvalue weighted by Gasteiger charge is 2.29. The van der Waals surface area contributed by atoms with Crippen molar-refractivity contribution in [3.05, 3.63) is 214 Å². The Morgan fingerprint density at radius 2 is 0.679 bits per heavy atom. The van der Waals surface area contributed by atoms with E-state index in [2.05, 4.69) is 244 Å². The molecule has 0 amide bonds. The summed E-state index contributed by atoms with van der Waals surface area (Å²) in [6.07, 6.45) is 33.5. The number of hydrogen-bond donors (Lipinski definition) is 0. The standard InChI is InChI=1S/C77H94N4/c1-9-78(10-2)66-43-33-60(34-44-66)76(61-35-45-67(46-36-61)79(11-3)12-4)74-51-41-64(70-21-17-19-23-72(70)74)54-58-29-25-56(26-30-58)53-57-27-31-59(32-28-57)55-65-42-52-75(73-24-20-18-22-71(65)73)77(62-37-47-68(48-38-62)80(13-5)14-6)63-39-49-69(50-40-63)81(15-7)16-8/h17-24,33-52,56-59H,9-16,25-32,53-55H2,1-8H3/q+2. The molecule has 6 aromatic carbocycles. The molecule has 0 heterocycles. The quantitative estimate of drug-likeness (QED) is 0.0707. The monoisotopic (exact) mass is 1070 g/mol. The molecule has 0 unspecified atom stereocenters. The summed E-state index contributed by atoms with van der Waals surface area (Å²) in [5.41, 5.74) is 18.6. The summed E-state index contributed by atoms with van der Waals surface area (Å²) in [7, 11) is 0. The van der Waals surface area contributed by atoms with Gasteiger partial charge in [-0.3, -0.25) is 0 Å². The van der Waals surface area contributed by atoms with Gasteiger partial charge < -0.3 is 9.80 Å². The second-order valence-electron chi connectivity index (χ2n) is 23.7. The van der Waals surface area contributed by atoms with Gasteiger partial charge in [-0.05, 0) is 250 Å². The number of anilines is 2. The van der Waals surface area contributed by atoms with Crippen LogP contribution in [-0.4, -0.2) is 72.9 Å². The smallest absolute Gasteiger partial charge is 0.199 e. The lowest BCUT2D eigenvalue weighted by Gasteiger charge is -2.34. The molecule has 0 aromatic heterocycles. The summed E-state index contributed by atoms with van der Waals surface area (Å²) in [5, 5.41) is 5.58. The first kappa shape index (κ1) is 57.5. The predicted molar refractivity (Wildman–Crippen MR) is 352 cm³/mol. The van der Waals surface area contributed by atoms with Gasteiger partial charge in [0.25, 0.3) is 0 Å². The molecule has 0 saturated heterocycles. The Bertz CT molecular complexity index is 3110. The number of benzene rings is 6. The van der Waals surface area contributed by atoms with Crippen LogP contribution in [0.3, 0.4) is 0 Å². The number of allylic oxidation sites excluding steroid dienone is 10. The fraction of sp³-hybridized carbons (Fsp3) is 0.403. The highest BCUT2D eigenvalue weighted by atomic mass is 15.1. The van der Waals surface area contributed by atoms with Crippen molar-refractivity contribution in [2.45, 2.75) is 126 Å². The van der Waals surface area contributed by atoms with E-state index in [4.69, 9.17) is 0 Å². The van der Waals surface area contributed by atoms with Crippen LogP contribution in [0.1, 0.15) is 147 Å². The van der Waals surface area contributed by atoms with Crippen LogP contribution in [0.5, 0.6) is 0 Å². The molecular formula is C77H94N4+2. The predicted octanol–water partition coefficient (Wildman–Crippen LogP) is 18.3. The van der Waals surface area contributed by atoms with Gasteiger partial charge in [0, 0.05) is 61.9 Å². The Balaban J connectivity index is 0.797. The van der Waals surface area contributed by atoms with Gasteiger partial charge in [-0.1, -0.05) is 123 Å². The fourth-order valence-corrected chi connectivity index (χ4v) is 14.6. The van der Waals surface area contributed by atoms with E-state index in [0.717, 1.165) is 76.0 Å². The van der Waals surface area contributed by atoms with Crippen molar-refractivity contribution in [2.75, 3.05) is 62.2 Å². The lowest BCUT2D eigenvalue weighted by Crippen LogP contribution is -2.22. The molecule has 4 nitrogen and oxygen atoms in total. The maximum absolute atomic E-state index is 2.49. The van der Waals surface area contributed by atoms with Crippen LogP contribution in [0.4, 0.5) is 11.4 Å². The first-order chi connectivity index (χ1) is 39.8. The number of fused-ring (bicyclic) bond motifs is 2. The third-order valence-corrected chi connectivity index (χ3v) is 19.3. The molecule has 0 aliphatic heterocycles. The summed E-state index contributed by atoms with van der Waals surface area (Å²) in [6, 6.07) is 47.2. The number of hydrogen-bond acceptors (Lipinski definition) is 2. The summed E-state index contributed by atoms with van der Waals surface area (Å²) in [4.78, 5) is 4.87. The Morgan fingerprint density at radius 3 is 1.00 bits per heavy atom.